The second-order valence-corrected chi connectivity index (χ2v) is 4.07. The van der Waals surface area contributed by atoms with Gasteiger partial charge >= 0.3 is 0 Å². The first-order valence-corrected chi connectivity index (χ1v) is 5.53. The number of nitrogens with zero attached hydrogens (tertiary/aromatic N) is 3. The second-order valence-electron chi connectivity index (χ2n) is 4.07. The fourth-order valence-electron chi connectivity index (χ4n) is 2.14. The van der Waals surface area contributed by atoms with Crippen LogP contribution in [-0.2, 0) is 6.54 Å². The van der Waals surface area contributed by atoms with Crippen LogP contribution in [0.3, 0.4) is 0 Å². The summed E-state index contributed by atoms with van der Waals surface area (Å²) >= 11 is 0. The van der Waals surface area contributed by atoms with Gasteiger partial charge < -0.3 is 5.32 Å². The number of aromatic nitrogens is 2. The van der Waals surface area contributed by atoms with Gasteiger partial charge in [0.25, 0.3) is 0 Å². The van der Waals surface area contributed by atoms with E-state index in [9.17, 15) is 0 Å². The highest BCUT2D eigenvalue weighted by Crippen LogP contribution is 2.17. The van der Waals surface area contributed by atoms with Crippen LogP contribution in [0, 0.1) is 6.92 Å². The molecule has 0 amide bonds. The van der Waals surface area contributed by atoms with E-state index in [1.54, 1.807) is 0 Å². The SMILES string of the molecule is Cc1cccc2cnn(CC3=NCCN3)c12. The average molecular weight is 214 g/mol. The van der Waals surface area contributed by atoms with Crippen molar-refractivity contribution in [1.82, 2.24) is 15.1 Å². The van der Waals surface area contributed by atoms with Crippen molar-refractivity contribution < 1.29 is 0 Å². The molecule has 4 nitrogen and oxygen atoms in total. The molecule has 0 bridgehead atoms. The normalized spacial score (nSPS) is 15.2. The summed E-state index contributed by atoms with van der Waals surface area (Å²) in [6.07, 6.45) is 1.91. The molecule has 0 atom stereocenters. The smallest absolute Gasteiger partial charge is 0.118 e. The van der Waals surface area contributed by atoms with Crippen LogP contribution in [0.15, 0.2) is 29.4 Å². The van der Waals surface area contributed by atoms with Gasteiger partial charge in [-0.3, -0.25) is 9.67 Å². The summed E-state index contributed by atoms with van der Waals surface area (Å²) in [5.41, 5.74) is 2.47. The molecular formula is C12H14N4. The molecular weight excluding hydrogens is 200 g/mol. The number of nitrogens with one attached hydrogen (secondary N) is 1. The minimum atomic E-state index is 0.744. The number of hydrogen-bond acceptors (Lipinski definition) is 3. The molecule has 0 aliphatic carbocycles. The molecule has 1 N–H and O–H groups in total. The molecule has 0 unspecified atom stereocenters. The van der Waals surface area contributed by atoms with Gasteiger partial charge in [0.1, 0.15) is 5.84 Å². The average Bonchev–Trinajstić information content (AvgIpc) is 2.90. The van der Waals surface area contributed by atoms with Crippen molar-refractivity contribution >= 4 is 16.7 Å². The Hall–Kier alpha value is -1.84. The minimum absolute atomic E-state index is 0.744. The van der Waals surface area contributed by atoms with Crippen LogP contribution in [0.2, 0.25) is 0 Å². The molecule has 2 heterocycles. The maximum Gasteiger partial charge on any atom is 0.118 e. The number of hydrogen-bond donors (Lipinski definition) is 1. The van der Waals surface area contributed by atoms with Gasteiger partial charge in [-0.1, -0.05) is 18.2 Å². The van der Waals surface area contributed by atoms with E-state index in [4.69, 9.17) is 0 Å². The van der Waals surface area contributed by atoms with Crippen molar-refractivity contribution in [3.05, 3.63) is 30.0 Å². The molecule has 4 heteroatoms. The van der Waals surface area contributed by atoms with Gasteiger partial charge in [-0.25, -0.2) is 0 Å². The summed E-state index contributed by atoms with van der Waals surface area (Å²) in [6, 6.07) is 6.27. The molecule has 0 fully saturated rings. The van der Waals surface area contributed by atoms with Crippen molar-refractivity contribution in [2.75, 3.05) is 13.1 Å². The lowest BCUT2D eigenvalue weighted by Gasteiger charge is -2.06. The summed E-state index contributed by atoms with van der Waals surface area (Å²) in [7, 11) is 0. The number of benzene rings is 1. The van der Waals surface area contributed by atoms with Crippen molar-refractivity contribution in [1.29, 1.82) is 0 Å². The van der Waals surface area contributed by atoms with Gasteiger partial charge in [-0.15, -0.1) is 0 Å². The predicted octanol–water partition coefficient (Wildman–Crippen LogP) is 1.35. The summed E-state index contributed by atoms with van der Waals surface area (Å²) in [5, 5.41) is 8.88. The maximum atomic E-state index is 4.42. The van der Waals surface area contributed by atoms with Crippen molar-refractivity contribution in [2.24, 2.45) is 4.99 Å². The predicted molar refractivity (Wildman–Crippen MR) is 64.8 cm³/mol. The lowest BCUT2D eigenvalue weighted by Crippen LogP contribution is -2.24. The zero-order valence-corrected chi connectivity index (χ0v) is 9.27. The number of aryl methyl sites for hydroxylation is 1. The van der Waals surface area contributed by atoms with Crippen LogP contribution >= 0.6 is 0 Å². The molecule has 1 aliphatic rings. The third-order valence-electron chi connectivity index (χ3n) is 2.91. The van der Waals surface area contributed by atoms with E-state index in [0.29, 0.717) is 0 Å². The Bertz CT molecular complexity index is 553. The molecule has 0 saturated heterocycles. The summed E-state index contributed by atoms with van der Waals surface area (Å²) in [4.78, 5) is 4.39. The number of rotatable bonds is 2. The second kappa shape index (κ2) is 3.63. The van der Waals surface area contributed by atoms with Gasteiger partial charge in [0.15, 0.2) is 0 Å². The molecule has 82 valence electrons. The van der Waals surface area contributed by atoms with E-state index in [1.165, 1.54) is 16.5 Å². The van der Waals surface area contributed by atoms with Crippen LogP contribution in [-0.4, -0.2) is 28.7 Å². The van der Waals surface area contributed by atoms with Crippen LogP contribution in [0.25, 0.3) is 10.9 Å². The van der Waals surface area contributed by atoms with Crippen LogP contribution < -0.4 is 5.32 Å². The Kier molecular flexibility index (Phi) is 2.13. The first-order chi connectivity index (χ1) is 7.84. The van der Waals surface area contributed by atoms with Crippen molar-refractivity contribution in [3.63, 3.8) is 0 Å². The van der Waals surface area contributed by atoms with Crippen LogP contribution in [0.4, 0.5) is 0 Å². The highest BCUT2D eigenvalue weighted by Gasteiger charge is 2.09. The number of fused-ring (bicyclic) bond motifs is 1. The van der Waals surface area contributed by atoms with Crippen molar-refractivity contribution in [3.8, 4) is 0 Å². The molecule has 0 spiro atoms. The first kappa shape index (κ1) is 9.39. The third kappa shape index (κ3) is 1.46. The molecule has 0 saturated carbocycles. The highest BCUT2D eigenvalue weighted by molar-refractivity contribution is 5.87. The third-order valence-corrected chi connectivity index (χ3v) is 2.91. The van der Waals surface area contributed by atoms with E-state index >= 15 is 0 Å². The fraction of sp³-hybridized carbons (Fsp3) is 0.333. The first-order valence-electron chi connectivity index (χ1n) is 5.53. The Morgan fingerprint density at radius 2 is 2.38 bits per heavy atom. The summed E-state index contributed by atoms with van der Waals surface area (Å²) in [6.45, 7) is 4.69. The van der Waals surface area contributed by atoms with E-state index in [2.05, 4.69) is 40.5 Å². The topological polar surface area (TPSA) is 42.2 Å². The van der Waals surface area contributed by atoms with E-state index in [0.717, 1.165) is 25.5 Å². The zero-order valence-electron chi connectivity index (χ0n) is 9.27. The molecule has 1 aliphatic heterocycles. The Morgan fingerprint density at radius 3 is 3.19 bits per heavy atom. The Balaban J connectivity index is 2.03. The summed E-state index contributed by atoms with van der Waals surface area (Å²) in [5.74, 6) is 1.04. The number of amidine groups is 1. The van der Waals surface area contributed by atoms with Crippen LogP contribution in [0.1, 0.15) is 5.56 Å². The molecule has 0 radical (unpaired) electrons. The molecule has 1 aromatic carbocycles. The Labute approximate surface area is 94.0 Å². The molecule has 16 heavy (non-hydrogen) atoms. The fourth-order valence-corrected chi connectivity index (χ4v) is 2.14. The molecule has 3 rings (SSSR count). The van der Waals surface area contributed by atoms with E-state index in [1.807, 2.05) is 10.9 Å². The van der Waals surface area contributed by atoms with Crippen LogP contribution in [0.5, 0.6) is 0 Å². The maximum absolute atomic E-state index is 4.42. The van der Waals surface area contributed by atoms with E-state index in [-0.39, 0.29) is 0 Å². The van der Waals surface area contributed by atoms with Gasteiger partial charge in [0, 0.05) is 11.9 Å². The van der Waals surface area contributed by atoms with Gasteiger partial charge in [-0.05, 0) is 12.5 Å². The lowest BCUT2D eigenvalue weighted by molar-refractivity contribution is 0.737. The van der Waals surface area contributed by atoms with Crippen molar-refractivity contribution in [2.45, 2.75) is 13.5 Å². The quantitative estimate of drug-likeness (QED) is 0.820. The highest BCUT2D eigenvalue weighted by atomic mass is 15.3. The number of para-hydroxylation sites is 1. The zero-order chi connectivity index (χ0) is 11.0. The molecule has 1 aromatic heterocycles. The van der Waals surface area contributed by atoms with Gasteiger partial charge in [0.05, 0.1) is 24.8 Å². The largest absolute Gasteiger partial charge is 0.370 e. The Morgan fingerprint density at radius 1 is 1.44 bits per heavy atom. The van der Waals surface area contributed by atoms with Gasteiger partial charge in [0.2, 0.25) is 0 Å². The summed E-state index contributed by atoms with van der Waals surface area (Å²) < 4.78 is 2.02. The lowest BCUT2D eigenvalue weighted by atomic mass is 10.2. The van der Waals surface area contributed by atoms with Gasteiger partial charge in [-0.2, -0.15) is 5.10 Å². The monoisotopic (exact) mass is 214 g/mol. The standard InChI is InChI=1S/C12H14N4/c1-9-3-2-4-10-7-15-16(12(9)10)8-11-13-5-6-14-11/h2-4,7H,5-6,8H2,1H3,(H,13,14). The number of aliphatic imine (C=N–C) groups is 1. The minimum Gasteiger partial charge on any atom is -0.370 e. The van der Waals surface area contributed by atoms with E-state index < -0.39 is 0 Å². The molecule has 2 aromatic rings.